The standard InChI is InChI=1S/C25H23FN2O2/c1-16-5-3-7-22(17(16)2)27-24(29)20-10-13-23-19(15-20)6-4-14-28(23)25(30)18-8-11-21(26)12-9-18/h3,5,7-13,15H,4,6,14H2,1-2H3,(H,27,29). The molecule has 1 aliphatic rings. The van der Waals surface area contributed by atoms with Gasteiger partial charge in [-0.3, -0.25) is 9.59 Å². The summed E-state index contributed by atoms with van der Waals surface area (Å²) in [4.78, 5) is 27.4. The van der Waals surface area contributed by atoms with E-state index < -0.39 is 0 Å². The maximum absolute atomic E-state index is 13.2. The molecule has 0 fully saturated rings. The Hall–Kier alpha value is -3.47. The van der Waals surface area contributed by atoms with Crippen molar-refractivity contribution in [3.63, 3.8) is 0 Å². The van der Waals surface area contributed by atoms with Crippen molar-refractivity contribution >= 4 is 23.2 Å². The number of nitrogens with one attached hydrogen (secondary N) is 1. The molecule has 0 unspecified atom stereocenters. The Bertz CT molecular complexity index is 1120. The number of carbonyl (C=O) groups excluding carboxylic acids is 2. The van der Waals surface area contributed by atoms with Gasteiger partial charge in [-0.25, -0.2) is 4.39 Å². The number of benzene rings is 3. The van der Waals surface area contributed by atoms with Crippen LogP contribution in [0.2, 0.25) is 0 Å². The van der Waals surface area contributed by atoms with Gasteiger partial charge in [-0.15, -0.1) is 0 Å². The van der Waals surface area contributed by atoms with Crippen molar-refractivity contribution in [3.8, 4) is 0 Å². The van der Waals surface area contributed by atoms with Crippen molar-refractivity contribution in [2.75, 3.05) is 16.8 Å². The lowest BCUT2D eigenvalue weighted by atomic mass is 9.98. The summed E-state index contributed by atoms with van der Waals surface area (Å²) in [6, 6.07) is 16.8. The summed E-state index contributed by atoms with van der Waals surface area (Å²) in [5, 5.41) is 2.98. The highest BCUT2D eigenvalue weighted by Crippen LogP contribution is 2.30. The first-order valence-electron chi connectivity index (χ1n) is 10.0. The van der Waals surface area contributed by atoms with Crippen molar-refractivity contribution in [1.82, 2.24) is 0 Å². The van der Waals surface area contributed by atoms with Crippen molar-refractivity contribution in [3.05, 3.63) is 94.3 Å². The number of halogens is 1. The molecule has 0 saturated heterocycles. The molecule has 1 heterocycles. The Morgan fingerprint density at radius 1 is 0.967 bits per heavy atom. The normalized spacial score (nSPS) is 13.0. The molecule has 0 bridgehead atoms. The number of hydrogen-bond donors (Lipinski definition) is 1. The van der Waals surface area contributed by atoms with Gasteiger partial charge in [-0.05, 0) is 91.9 Å². The van der Waals surface area contributed by atoms with E-state index in [4.69, 9.17) is 0 Å². The molecule has 152 valence electrons. The van der Waals surface area contributed by atoms with E-state index in [0.29, 0.717) is 17.7 Å². The van der Waals surface area contributed by atoms with Gasteiger partial charge in [0.05, 0.1) is 0 Å². The smallest absolute Gasteiger partial charge is 0.258 e. The lowest BCUT2D eigenvalue weighted by Crippen LogP contribution is -2.35. The lowest BCUT2D eigenvalue weighted by molar-refractivity contribution is 0.0984. The van der Waals surface area contributed by atoms with Gasteiger partial charge in [-0.1, -0.05) is 12.1 Å². The van der Waals surface area contributed by atoms with Gasteiger partial charge in [-0.2, -0.15) is 0 Å². The maximum atomic E-state index is 13.2. The average molecular weight is 402 g/mol. The molecule has 1 aliphatic heterocycles. The van der Waals surface area contributed by atoms with Crippen LogP contribution < -0.4 is 10.2 Å². The van der Waals surface area contributed by atoms with E-state index in [0.717, 1.165) is 40.9 Å². The van der Waals surface area contributed by atoms with Gasteiger partial charge in [0, 0.05) is 29.0 Å². The number of fused-ring (bicyclic) bond motifs is 1. The summed E-state index contributed by atoms with van der Waals surface area (Å²) in [5.41, 5.74) is 5.73. The minimum atomic E-state index is -0.370. The van der Waals surface area contributed by atoms with Crippen LogP contribution in [0.15, 0.2) is 60.7 Å². The van der Waals surface area contributed by atoms with Crippen molar-refractivity contribution in [2.24, 2.45) is 0 Å². The fraction of sp³-hybridized carbons (Fsp3) is 0.200. The molecule has 0 radical (unpaired) electrons. The van der Waals surface area contributed by atoms with E-state index in [2.05, 4.69) is 5.32 Å². The quantitative estimate of drug-likeness (QED) is 0.647. The SMILES string of the molecule is Cc1cccc(NC(=O)c2ccc3c(c2)CCCN3C(=O)c2ccc(F)cc2)c1C. The molecule has 0 saturated carbocycles. The van der Waals surface area contributed by atoms with Gasteiger partial charge in [0.25, 0.3) is 11.8 Å². The van der Waals surface area contributed by atoms with Crippen molar-refractivity contribution < 1.29 is 14.0 Å². The molecule has 0 aliphatic carbocycles. The first-order valence-corrected chi connectivity index (χ1v) is 10.0. The highest BCUT2D eigenvalue weighted by molar-refractivity contribution is 6.08. The van der Waals surface area contributed by atoms with Crippen LogP contribution in [-0.2, 0) is 6.42 Å². The topological polar surface area (TPSA) is 49.4 Å². The second-order valence-corrected chi connectivity index (χ2v) is 7.61. The Balaban J connectivity index is 1.58. The number of hydrogen-bond acceptors (Lipinski definition) is 2. The lowest BCUT2D eigenvalue weighted by Gasteiger charge is -2.30. The maximum Gasteiger partial charge on any atom is 0.258 e. The van der Waals surface area contributed by atoms with Gasteiger partial charge in [0.1, 0.15) is 5.82 Å². The van der Waals surface area contributed by atoms with Gasteiger partial charge < -0.3 is 10.2 Å². The zero-order valence-electron chi connectivity index (χ0n) is 17.0. The van der Waals surface area contributed by atoms with Crippen LogP contribution >= 0.6 is 0 Å². The molecule has 0 aromatic heterocycles. The molecular formula is C25H23FN2O2. The Kier molecular flexibility index (Phi) is 5.36. The Morgan fingerprint density at radius 2 is 1.70 bits per heavy atom. The predicted octanol–water partition coefficient (Wildman–Crippen LogP) is 5.29. The Morgan fingerprint density at radius 3 is 2.47 bits per heavy atom. The van der Waals surface area contributed by atoms with Crippen LogP contribution in [0.3, 0.4) is 0 Å². The Labute approximate surface area is 175 Å². The van der Waals surface area contributed by atoms with Crippen LogP contribution in [0.5, 0.6) is 0 Å². The van der Waals surface area contributed by atoms with E-state index in [1.807, 2.05) is 44.2 Å². The molecule has 3 aromatic rings. The molecule has 3 aromatic carbocycles. The molecule has 0 spiro atoms. The first-order chi connectivity index (χ1) is 14.4. The van der Waals surface area contributed by atoms with Crippen molar-refractivity contribution in [2.45, 2.75) is 26.7 Å². The van der Waals surface area contributed by atoms with Crippen LogP contribution in [0.4, 0.5) is 15.8 Å². The van der Waals surface area contributed by atoms with E-state index in [1.54, 1.807) is 11.0 Å². The highest BCUT2D eigenvalue weighted by atomic mass is 19.1. The summed E-state index contributed by atoms with van der Waals surface area (Å²) >= 11 is 0. The minimum Gasteiger partial charge on any atom is -0.322 e. The molecule has 30 heavy (non-hydrogen) atoms. The van der Waals surface area contributed by atoms with Gasteiger partial charge in [0.15, 0.2) is 0 Å². The van der Waals surface area contributed by atoms with Crippen LogP contribution in [0.1, 0.15) is 43.8 Å². The summed E-state index contributed by atoms with van der Waals surface area (Å²) in [5.74, 6) is -0.706. The molecule has 1 N–H and O–H groups in total. The van der Waals surface area contributed by atoms with E-state index in [9.17, 15) is 14.0 Å². The second kappa shape index (κ2) is 8.11. The van der Waals surface area contributed by atoms with Gasteiger partial charge >= 0.3 is 0 Å². The number of carbonyl (C=O) groups is 2. The summed E-state index contributed by atoms with van der Waals surface area (Å²) in [6.07, 6.45) is 1.61. The largest absolute Gasteiger partial charge is 0.322 e. The van der Waals surface area contributed by atoms with E-state index in [-0.39, 0.29) is 17.6 Å². The average Bonchev–Trinajstić information content (AvgIpc) is 2.76. The fourth-order valence-electron chi connectivity index (χ4n) is 3.78. The molecule has 0 atom stereocenters. The fourth-order valence-corrected chi connectivity index (χ4v) is 3.78. The zero-order valence-corrected chi connectivity index (χ0v) is 17.0. The number of nitrogens with zero attached hydrogens (tertiary/aromatic N) is 1. The van der Waals surface area contributed by atoms with E-state index in [1.165, 1.54) is 24.3 Å². The summed E-state index contributed by atoms with van der Waals surface area (Å²) in [6.45, 7) is 4.59. The monoisotopic (exact) mass is 402 g/mol. The second-order valence-electron chi connectivity index (χ2n) is 7.61. The molecule has 4 nitrogen and oxygen atoms in total. The number of rotatable bonds is 3. The van der Waals surface area contributed by atoms with Crippen LogP contribution in [-0.4, -0.2) is 18.4 Å². The first kappa shape index (κ1) is 19.8. The molecule has 5 heteroatoms. The molecule has 2 amide bonds. The molecular weight excluding hydrogens is 379 g/mol. The van der Waals surface area contributed by atoms with Crippen molar-refractivity contribution in [1.29, 1.82) is 0 Å². The summed E-state index contributed by atoms with van der Waals surface area (Å²) in [7, 11) is 0. The van der Waals surface area contributed by atoms with Crippen LogP contribution in [0.25, 0.3) is 0 Å². The third-order valence-corrected chi connectivity index (χ3v) is 5.65. The third kappa shape index (κ3) is 3.83. The summed E-state index contributed by atoms with van der Waals surface area (Å²) < 4.78 is 13.2. The zero-order chi connectivity index (χ0) is 21.3. The van der Waals surface area contributed by atoms with Crippen LogP contribution in [0, 0.1) is 19.7 Å². The number of aryl methyl sites for hydroxylation is 2. The molecule has 4 rings (SSSR count). The van der Waals surface area contributed by atoms with Gasteiger partial charge in [0.2, 0.25) is 0 Å². The highest BCUT2D eigenvalue weighted by Gasteiger charge is 2.24. The van der Waals surface area contributed by atoms with E-state index >= 15 is 0 Å². The number of anilines is 2. The predicted molar refractivity (Wildman–Crippen MR) is 117 cm³/mol. The third-order valence-electron chi connectivity index (χ3n) is 5.65. The minimum absolute atomic E-state index is 0.163. The number of amides is 2.